The monoisotopic (exact) mass is 320 g/mol. The van der Waals surface area contributed by atoms with E-state index in [4.69, 9.17) is 28.9 Å². The molecule has 0 aromatic carbocycles. The van der Waals surface area contributed by atoms with E-state index in [1.807, 2.05) is 0 Å². The van der Waals surface area contributed by atoms with Crippen molar-refractivity contribution in [2.24, 2.45) is 11.7 Å². The first-order valence-corrected chi connectivity index (χ1v) is 8.03. The first-order valence-electron chi connectivity index (χ1n) is 6.46. The zero-order valence-electron chi connectivity index (χ0n) is 10.8. The van der Waals surface area contributed by atoms with Crippen molar-refractivity contribution in [1.29, 1.82) is 0 Å². The zero-order chi connectivity index (χ0) is 14.0. The maximum absolute atomic E-state index is 12.4. The van der Waals surface area contributed by atoms with Crippen LogP contribution in [0, 0.1) is 5.92 Å². The van der Waals surface area contributed by atoms with Crippen molar-refractivity contribution in [2.75, 3.05) is 6.54 Å². The van der Waals surface area contributed by atoms with E-state index in [0.29, 0.717) is 26.7 Å². The first-order chi connectivity index (χ1) is 8.98. The van der Waals surface area contributed by atoms with Crippen LogP contribution >= 0.6 is 34.5 Å². The summed E-state index contributed by atoms with van der Waals surface area (Å²) in [5, 5.41) is 3.10. The smallest absolute Gasteiger partial charge is 0.254 e. The van der Waals surface area contributed by atoms with Gasteiger partial charge in [-0.2, -0.15) is 0 Å². The summed E-state index contributed by atoms with van der Waals surface area (Å²) in [6.07, 6.45) is 4.31. The number of amides is 1. The third kappa shape index (κ3) is 3.07. The molecule has 0 aliphatic heterocycles. The molecule has 1 aromatic heterocycles. The number of carbonyl (C=O) groups excluding carboxylic acids is 1. The van der Waals surface area contributed by atoms with Crippen LogP contribution in [0.3, 0.4) is 0 Å². The van der Waals surface area contributed by atoms with Crippen LogP contribution < -0.4 is 11.1 Å². The summed E-state index contributed by atoms with van der Waals surface area (Å²) < 4.78 is 0.951. The second kappa shape index (κ2) is 6.00. The Morgan fingerprint density at radius 3 is 2.84 bits per heavy atom. The van der Waals surface area contributed by atoms with Crippen LogP contribution in [0.1, 0.15) is 43.0 Å². The fraction of sp³-hybridized carbons (Fsp3) is 0.615. The molecule has 106 valence electrons. The molecule has 1 amide bonds. The Hall–Kier alpha value is -0.290. The lowest BCUT2D eigenvalue weighted by atomic mass is 9.73. The van der Waals surface area contributed by atoms with Crippen LogP contribution in [0.2, 0.25) is 8.67 Å². The zero-order valence-corrected chi connectivity index (χ0v) is 13.2. The first kappa shape index (κ1) is 15.1. The molecule has 0 saturated heterocycles. The number of hydrogen-bond donors (Lipinski definition) is 2. The van der Waals surface area contributed by atoms with E-state index in [9.17, 15) is 4.79 Å². The quantitative estimate of drug-likeness (QED) is 0.892. The van der Waals surface area contributed by atoms with Crippen molar-refractivity contribution < 1.29 is 4.79 Å². The molecule has 6 heteroatoms. The summed E-state index contributed by atoms with van der Waals surface area (Å²) in [4.78, 5) is 12.4. The number of rotatable bonds is 3. The Labute approximate surface area is 127 Å². The van der Waals surface area contributed by atoms with Crippen molar-refractivity contribution in [1.82, 2.24) is 5.32 Å². The second-order valence-corrected chi connectivity index (χ2v) is 7.48. The summed E-state index contributed by atoms with van der Waals surface area (Å²) in [6, 6.07) is 1.61. The van der Waals surface area contributed by atoms with Crippen LogP contribution in [-0.4, -0.2) is 18.0 Å². The Morgan fingerprint density at radius 2 is 2.32 bits per heavy atom. The van der Waals surface area contributed by atoms with Gasteiger partial charge >= 0.3 is 0 Å². The average Bonchev–Trinajstić information content (AvgIpc) is 2.71. The predicted octanol–water partition coefficient (Wildman–Crippen LogP) is 3.69. The number of halogens is 2. The number of thiophene rings is 1. The number of nitrogens with two attached hydrogens (primary N) is 1. The largest absolute Gasteiger partial charge is 0.345 e. The minimum atomic E-state index is -0.312. The van der Waals surface area contributed by atoms with E-state index in [1.165, 1.54) is 17.8 Å². The van der Waals surface area contributed by atoms with Gasteiger partial charge in [0.2, 0.25) is 0 Å². The topological polar surface area (TPSA) is 55.1 Å². The molecule has 2 atom stereocenters. The van der Waals surface area contributed by atoms with E-state index in [-0.39, 0.29) is 11.4 Å². The summed E-state index contributed by atoms with van der Waals surface area (Å²) >= 11 is 13.1. The number of nitrogens with one attached hydrogen (secondary N) is 1. The van der Waals surface area contributed by atoms with E-state index in [0.717, 1.165) is 19.3 Å². The third-order valence-corrected chi connectivity index (χ3v) is 5.57. The number of carbonyl (C=O) groups is 1. The van der Waals surface area contributed by atoms with Gasteiger partial charge in [0, 0.05) is 6.54 Å². The summed E-state index contributed by atoms with van der Waals surface area (Å²) in [5.41, 5.74) is 6.06. The molecule has 0 radical (unpaired) electrons. The van der Waals surface area contributed by atoms with Gasteiger partial charge in [-0.25, -0.2) is 0 Å². The molecule has 3 nitrogen and oxygen atoms in total. The molecule has 0 bridgehead atoms. The SMILES string of the molecule is CC1CCCCC1(CN)NC(=O)c1cc(Cl)sc1Cl. The highest BCUT2D eigenvalue weighted by molar-refractivity contribution is 7.20. The number of hydrogen-bond acceptors (Lipinski definition) is 3. The van der Waals surface area contributed by atoms with Gasteiger partial charge in [0.05, 0.1) is 15.4 Å². The van der Waals surface area contributed by atoms with E-state index >= 15 is 0 Å². The van der Waals surface area contributed by atoms with E-state index in [1.54, 1.807) is 6.07 Å². The average molecular weight is 321 g/mol. The van der Waals surface area contributed by atoms with Crippen molar-refractivity contribution in [3.05, 3.63) is 20.3 Å². The maximum atomic E-state index is 12.4. The lowest BCUT2D eigenvalue weighted by Gasteiger charge is -2.42. The Bertz CT molecular complexity index is 477. The molecule has 1 heterocycles. The molecule has 1 aromatic rings. The molecular weight excluding hydrogens is 303 g/mol. The Balaban J connectivity index is 2.18. The van der Waals surface area contributed by atoms with Crippen molar-refractivity contribution >= 4 is 40.4 Å². The van der Waals surface area contributed by atoms with Crippen LogP contribution in [-0.2, 0) is 0 Å². The van der Waals surface area contributed by atoms with E-state index in [2.05, 4.69) is 12.2 Å². The second-order valence-electron chi connectivity index (χ2n) is 5.20. The van der Waals surface area contributed by atoms with Gasteiger partial charge in [0.15, 0.2) is 0 Å². The summed E-state index contributed by atoms with van der Waals surface area (Å²) in [6.45, 7) is 2.60. The van der Waals surface area contributed by atoms with Gasteiger partial charge in [0.25, 0.3) is 5.91 Å². The highest BCUT2D eigenvalue weighted by Gasteiger charge is 2.38. The fourth-order valence-corrected chi connectivity index (χ4v) is 4.20. The minimum absolute atomic E-state index is 0.174. The molecule has 1 aliphatic carbocycles. The molecule has 2 rings (SSSR count). The summed E-state index contributed by atoms with van der Waals surface area (Å²) in [7, 11) is 0. The highest BCUT2D eigenvalue weighted by atomic mass is 35.5. The molecule has 2 unspecified atom stereocenters. The molecule has 1 aliphatic rings. The fourth-order valence-electron chi connectivity index (χ4n) is 2.74. The maximum Gasteiger partial charge on any atom is 0.254 e. The van der Waals surface area contributed by atoms with Crippen molar-refractivity contribution in [3.8, 4) is 0 Å². The lowest BCUT2D eigenvalue weighted by Crippen LogP contribution is -2.59. The van der Waals surface area contributed by atoms with Crippen LogP contribution in [0.25, 0.3) is 0 Å². The normalized spacial score (nSPS) is 27.3. The summed E-state index contributed by atoms with van der Waals surface area (Å²) in [5.74, 6) is 0.204. The molecule has 0 spiro atoms. The van der Waals surface area contributed by atoms with Gasteiger partial charge in [-0.15, -0.1) is 11.3 Å². The van der Waals surface area contributed by atoms with Gasteiger partial charge < -0.3 is 11.1 Å². The van der Waals surface area contributed by atoms with Gasteiger partial charge in [0.1, 0.15) is 4.34 Å². The Morgan fingerprint density at radius 1 is 1.58 bits per heavy atom. The Kier molecular flexibility index (Phi) is 4.77. The molecule has 3 N–H and O–H groups in total. The minimum Gasteiger partial charge on any atom is -0.345 e. The molecule has 19 heavy (non-hydrogen) atoms. The van der Waals surface area contributed by atoms with Gasteiger partial charge in [-0.1, -0.05) is 43.0 Å². The standard InChI is InChI=1S/C13H18Cl2N2OS/c1-8-4-2-3-5-13(8,7-16)17-12(18)9-6-10(14)19-11(9)15/h6,8H,2-5,7,16H2,1H3,(H,17,18). The van der Waals surface area contributed by atoms with E-state index < -0.39 is 0 Å². The highest BCUT2D eigenvalue weighted by Crippen LogP contribution is 2.35. The van der Waals surface area contributed by atoms with Crippen LogP contribution in [0.5, 0.6) is 0 Å². The third-order valence-electron chi connectivity index (χ3n) is 4.08. The predicted molar refractivity (Wildman–Crippen MR) is 81.2 cm³/mol. The molecular formula is C13H18Cl2N2OS. The van der Waals surface area contributed by atoms with Gasteiger partial charge in [-0.05, 0) is 24.8 Å². The van der Waals surface area contributed by atoms with Crippen LogP contribution in [0.15, 0.2) is 6.07 Å². The lowest BCUT2D eigenvalue weighted by molar-refractivity contribution is 0.0813. The van der Waals surface area contributed by atoms with Crippen molar-refractivity contribution in [2.45, 2.75) is 38.1 Å². The molecule has 1 saturated carbocycles. The van der Waals surface area contributed by atoms with Crippen LogP contribution in [0.4, 0.5) is 0 Å². The van der Waals surface area contributed by atoms with Gasteiger partial charge in [-0.3, -0.25) is 4.79 Å². The molecule has 1 fully saturated rings. The van der Waals surface area contributed by atoms with Crippen molar-refractivity contribution in [3.63, 3.8) is 0 Å².